The van der Waals surface area contributed by atoms with Crippen molar-refractivity contribution in [2.45, 2.75) is 12.3 Å². The fourth-order valence-corrected chi connectivity index (χ4v) is 4.26. The number of carbonyl (C=O) groups is 1. The van der Waals surface area contributed by atoms with Crippen molar-refractivity contribution in [3.8, 4) is 28.4 Å². The average Bonchev–Trinajstić information content (AvgIpc) is 3.24. The van der Waals surface area contributed by atoms with Gasteiger partial charge in [0.25, 0.3) is 5.69 Å². The van der Waals surface area contributed by atoms with Gasteiger partial charge in [-0.3, -0.25) is 14.9 Å². The lowest BCUT2D eigenvalue weighted by Crippen LogP contribution is -2.24. The molecule has 0 spiro atoms. The molecule has 4 aromatic rings. The van der Waals surface area contributed by atoms with Gasteiger partial charge < -0.3 is 15.2 Å². The Balaban J connectivity index is 1.73. The molecule has 0 saturated heterocycles. The molecule has 0 unspecified atom stereocenters. The molecule has 1 aromatic heterocycles. The van der Waals surface area contributed by atoms with Gasteiger partial charge in [0.15, 0.2) is 11.5 Å². The first-order valence-electron chi connectivity index (χ1n) is 10.6. The zero-order valence-electron chi connectivity index (χ0n) is 18.1. The molecule has 9 heteroatoms. The summed E-state index contributed by atoms with van der Waals surface area (Å²) in [6.07, 6.45) is 0.187. The van der Waals surface area contributed by atoms with Crippen molar-refractivity contribution in [2.24, 2.45) is 0 Å². The summed E-state index contributed by atoms with van der Waals surface area (Å²) < 4.78 is 6.89. The van der Waals surface area contributed by atoms with E-state index in [1.165, 1.54) is 19.2 Å². The fraction of sp³-hybridized carbons (Fsp3) is 0.120. The molecule has 0 saturated carbocycles. The summed E-state index contributed by atoms with van der Waals surface area (Å²) in [5, 5.41) is 28.9. The van der Waals surface area contributed by atoms with Crippen LogP contribution in [0.3, 0.4) is 0 Å². The van der Waals surface area contributed by atoms with Crippen molar-refractivity contribution in [1.29, 1.82) is 0 Å². The van der Waals surface area contributed by atoms with E-state index in [2.05, 4.69) is 5.32 Å². The molecule has 1 aliphatic heterocycles. The van der Waals surface area contributed by atoms with E-state index in [0.29, 0.717) is 22.9 Å². The summed E-state index contributed by atoms with van der Waals surface area (Å²) in [5.41, 5.74) is 3.71. The number of aromatic nitrogens is 2. The van der Waals surface area contributed by atoms with Gasteiger partial charge in [0, 0.05) is 35.6 Å². The Morgan fingerprint density at radius 2 is 1.85 bits per heavy atom. The monoisotopic (exact) mass is 456 g/mol. The Bertz CT molecular complexity index is 1400. The number of aromatic hydroxyl groups is 1. The lowest BCUT2D eigenvalue weighted by molar-refractivity contribution is -0.384. The van der Waals surface area contributed by atoms with Gasteiger partial charge in [-0.2, -0.15) is 5.10 Å². The second-order valence-electron chi connectivity index (χ2n) is 7.90. The van der Waals surface area contributed by atoms with Crippen LogP contribution in [0.15, 0.2) is 72.8 Å². The predicted molar refractivity (Wildman–Crippen MR) is 125 cm³/mol. The zero-order valence-corrected chi connectivity index (χ0v) is 18.1. The van der Waals surface area contributed by atoms with E-state index in [0.717, 1.165) is 16.7 Å². The molecule has 5 rings (SSSR count). The molecule has 34 heavy (non-hydrogen) atoms. The number of ether oxygens (including phenoxy) is 1. The smallest absolute Gasteiger partial charge is 0.269 e. The number of benzene rings is 3. The number of amides is 1. The predicted octanol–water partition coefficient (Wildman–Crippen LogP) is 4.64. The number of phenolic OH excluding ortho intramolecular Hbond substituents is 1. The van der Waals surface area contributed by atoms with Crippen molar-refractivity contribution in [3.05, 3.63) is 94.0 Å². The lowest BCUT2D eigenvalue weighted by Gasteiger charge is -2.25. The first-order valence-corrected chi connectivity index (χ1v) is 10.6. The van der Waals surface area contributed by atoms with Crippen molar-refractivity contribution < 1.29 is 19.6 Å². The maximum atomic E-state index is 12.8. The van der Waals surface area contributed by atoms with Gasteiger partial charge in [-0.05, 0) is 29.8 Å². The molecular formula is C25H20N4O5. The molecule has 9 nitrogen and oxygen atoms in total. The minimum atomic E-state index is -0.465. The molecule has 2 heterocycles. The van der Waals surface area contributed by atoms with Gasteiger partial charge in [-0.1, -0.05) is 36.4 Å². The number of rotatable bonds is 5. The zero-order chi connectivity index (χ0) is 23.8. The molecule has 0 fully saturated rings. The Morgan fingerprint density at radius 1 is 1.12 bits per heavy atom. The number of nitrogens with one attached hydrogen (secondary N) is 1. The van der Waals surface area contributed by atoms with Crippen LogP contribution in [0.2, 0.25) is 0 Å². The Hall–Kier alpha value is -4.66. The topological polar surface area (TPSA) is 120 Å². The summed E-state index contributed by atoms with van der Waals surface area (Å²) in [6, 6.07) is 20.6. The minimum Gasteiger partial charge on any atom is -0.504 e. The molecule has 2 N–H and O–H groups in total. The molecule has 1 atom stereocenters. The van der Waals surface area contributed by atoms with Crippen molar-refractivity contribution >= 4 is 17.4 Å². The number of anilines is 1. The van der Waals surface area contributed by atoms with Gasteiger partial charge in [0.2, 0.25) is 5.91 Å². The quantitative estimate of drug-likeness (QED) is 0.334. The van der Waals surface area contributed by atoms with E-state index in [1.54, 1.807) is 35.0 Å². The minimum absolute atomic E-state index is 0.0107. The van der Waals surface area contributed by atoms with Gasteiger partial charge in [-0.15, -0.1) is 0 Å². The van der Waals surface area contributed by atoms with Crippen LogP contribution >= 0.6 is 0 Å². The molecule has 0 aliphatic carbocycles. The second kappa shape index (κ2) is 8.36. The third-order valence-corrected chi connectivity index (χ3v) is 5.88. The molecule has 170 valence electrons. The summed E-state index contributed by atoms with van der Waals surface area (Å²) in [6.45, 7) is 0. The maximum absolute atomic E-state index is 12.8. The van der Waals surface area contributed by atoms with Crippen LogP contribution in [0.25, 0.3) is 16.9 Å². The van der Waals surface area contributed by atoms with Crippen molar-refractivity contribution in [3.63, 3.8) is 0 Å². The first kappa shape index (κ1) is 21.2. The van der Waals surface area contributed by atoms with Crippen molar-refractivity contribution in [1.82, 2.24) is 9.78 Å². The third kappa shape index (κ3) is 3.62. The molecular weight excluding hydrogens is 436 g/mol. The Morgan fingerprint density at radius 3 is 2.53 bits per heavy atom. The summed E-state index contributed by atoms with van der Waals surface area (Å²) in [7, 11) is 1.47. The highest BCUT2D eigenvalue weighted by Crippen LogP contribution is 2.45. The number of carbonyl (C=O) groups excluding carboxylic acids is 1. The Kier molecular flexibility index (Phi) is 5.21. The standard InChI is InChI=1S/C25H20N4O5/c1-34-21-13-16(7-12-20(21)30)19-14-22(31)26-25-23(19)24(15-5-3-2-4-6-15)27-28(25)17-8-10-18(11-9-17)29(32)33/h2-13,19,30H,14H2,1H3,(H,26,31)/t19-/m0/s1. The highest BCUT2D eigenvalue weighted by Gasteiger charge is 2.34. The van der Waals surface area contributed by atoms with E-state index in [4.69, 9.17) is 9.84 Å². The van der Waals surface area contributed by atoms with E-state index in [1.807, 2.05) is 30.3 Å². The van der Waals surface area contributed by atoms with Crippen LogP contribution in [-0.4, -0.2) is 32.8 Å². The van der Waals surface area contributed by atoms with E-state index in [-0.39, 0.29) is 29.7 Å². The van der Waals surface area contributed by atoms with E-state index >= 15 is 0 Å². The molecule has 1 aliphatic rings. The third-order valence-electron chi connectivity index (χ3n) is 5.88. The van der Waals surface area contributed by atoms with Gasteiger partial charge in [-0.25, -0.2) is 4.68 Å². The number of phenols is 1. The summed E-state index contributed by atoms with van der Waals surface area (Å²) in [5.74, 6) is 0.291. The summed E-state index contributed by atoms with van der Waals surface area (Å²) >= 11 is 0. The number of nitro benzene ring substituents is 1. The van der Waals surface area contributed by atoms with Gasteiger partial charge >= 0.3 is 0 Å². The SMILES string of the molecule is COc1cc([C@@H]2CC(=O)Nc3c2c(-c2ccccc2)nn3-c2ccc([N+](=O)[O-])cc2)ccc1O. The normalized spacial score (nSPS) is 14.9. The van der Waals surface area contributed by atoms with Crippen LogP contribution in [0, 0.1) is 10.1 Å². The lowest BCUT2D eigenvalue weighted by atomic mass is 9.84. The van der Waals surface area contributed by atoms with Crippen LogP contribution in [0.4, 0.5) is 11.5 Å². The Labute approximate surface area is 194 Å². The number of nitrogens with zero attached hydrogens (tertiary/aromatic N) is 3. The van der Waals surface area contributed by atoms with Crippen LogP contribution in [0.5, 0.6) is 11.5 Å². The highest BCUT2D eigenvalue weighted by molar-refractivity contribution is 5.96. The van der Waals surface area contributed by atoms with Crippen LogP contribution in [0.1, 0.15) is 23.5 Å². The molecule has 0 bridgehead atoms. The fourth-order valence-electron chi connectivity index (χ4n) is 4.26. The second-order valence-corrected chi connectivity index (χ2v) is 7.90. The van der Waals surface area contributed by atoms with Crippen LogP contribution < -0.4 is 10.1 Å². The number of hydrogen-bond donors (Lipinski definition) is 2. The van der Waals surface area contributed by atoms with Crippen molar-refractivity contribution in [2.75, 3.05) is 12.4 Å². The van der Waals surface area contributed by atoms with E-state index in [9.17, 15) is 20.0 Å². The highest BCUT2D eigenvalue weighted by atomic mass is 16.6. The molecule has 1 amide bonds. The number of non-ortho nitro benzene ring substituents is 1. The number of hydrogen-bond acceptors (Lipinski definition) is 6. The van der Waals surface area contributed by atoms with Gasteiger partial charge in [0.1, 0.15) is 5.82 Å². The average molecular weight is 456 g/mol. The number of methoxy groups -OCH3 is 1. The molecule has 3 aromatic carbocycles. The van der Waals surface area contributed by atoms with Crippen LogP contribution in [-0.2, 0) is 4.79 Å². The first-order chi connectivity index (χ1) is 16.5. The summed E-state index contributed by atoms with van der Waals surface area (Å²) in [4.78, 5) is 23.4. The van der Waals surface area contributed by atoms with Gasteiger partial charge in [0.05, 0.1) is 23.4 Å². The largest absolute Gasteiger partial charge is 0.504 e. The molecule has 0 radical (unpaired) electrons. The number of nitro groups is 1. The maximum Gasteiger partial charge on any atom is 0.269 e. The number of fused-ring (bicyclic) bond motifs is 1. The van der Waals surface area contributed by atoms with E-state index < -0.39 is 4.92 Å².